The predicted octanol–water partition coefficient (Wildman–Crippen LogP) is 0.600. The molecule has 1 N–H and O–H groups in total. The molecule has 2 aromatic rings. The number of piperazine rings is 1. The molecule has 1 aliphatic heterocycles. The number of amides is 1. The Morgan fingerprint density at radius 1 is 1.22 bits per heavy atom. The normalized spacial score (nSPS) is 15.8. The van der Waals surface area contributed by atoms with E-state index in [1.807, 2.05) is 34.7 Å². The van der Waals surface area contributed by atoms with Crippen molar-refractivity contribution in [1.82, 2.24) is 14.7 Å². The molecule has 0 spiro atoms. The second-order valence-electron chi connectivity index (χ2n) is 6.18. The summed E-state index contributed by atoms with van der Waals surface area (Å²) in [6.45, 7) is 9.78. The van der Waals surface area contributed by atoms with E-state index in [1.165, 1.54) is 5.56 Å². The third kappa shape index (κ3) is 3.45. The van der Waals surface area contributed by atoms with Gasteiger partial charge in [-0.2, -0.15) is 5.10 Å². The van der Waals surface area contributed by atoms with Gasteiger partial charge in [0.25, 0.3) is 5.91 Å². The number of likely N-dealkylation sites (N-methyl/N-ethyl adjacent to an activating group) is 1. The highest BCUT2D eigenvalue weighted by atomic mass is 16.2. The van der Waals surface area contributed by atoms with Crippen LogP contribution < -0.4 is 4.90 Å². The highest BCUT2D eigenvalue weighted by Gasteiger charge is 2.26. The van der Waals surface area contributed by atoms with Crippen molar-refractivity contribution in [2.24, 2.45) is 0 Å². The first-order chi connectivity index (χ1) is 11.2. The van der Waals surface area contributed by atoms with Gasteiger partial charge in [0.15, 0.2) is 0 Å². The minimum Gasteiger partial charge on any atom is -0.332 e. The summed E-state index contributed by atoms with van der Waals surface area (Å²) < 4.78 is 1.91. The molecule has 1 amide bonds. The van der Waals surface area contributed by atoms with Crippen molar-refractivity contribution in [3.05, 3.63) is 53.3 Å². The Labute approximate surface area is 137 Å². The Bertz CT molecular complexity index is 657. The van der Waals surface area contributed by atoms with Crippen LogP contribution >= 0.6 is 0 Å². The van der Waals surface area contributed by atoms with E-state index in [1.54, 1.807) is 11.1 Å². The lowest BCUT2D eigenvalue weighted by Crippen LogP contribution is -3.14. The molecule has 5 heteroatoms. The molecule has 1 aliphatic rings. The number of nitrogens with one attached hydrogen (secondary N) is 1. The lowest BCUT2D eigenvalue weighted by Gasteiger charge is -2.31. The summed E-state index contributed by atoms with van der Waals surface area (Å²) in [7, 11) is 0. The zero-order valence-corrected chi connectivity index (χ0v) is 14.0. The zero-order valence-electron chi connectivity index (χ0n) is 14.0. The SMILES string of the molecule is CC[NH+]1CCN(C(=O)c2cnn(Cc3ccccc3)c2C)CC1. The summed E-state index contributed by atoms with van der Waals surface area (Å²) in [5.74, 6) is 0.122. The van der Waals surface area contributed by atoms with Crippen LogP contribution in [0.5, 0.6) is 0 Å². The Morgan fingerprint density at radius 3 is 2.57 bits per heavy atom. The first-order valence-electron chi connectivity index (χ1n) is 8.38. The van der Waals surface area contributed by atoms with Gasteiger partial charge in [0.05, 0.1) is 51.0 Å². The van der Waals surface area contributed by atoms with Crippen LogP contribution in [-0.2, 0) is 6.54 Å². The molecule has 122 valence electrons. The fourth-order valence-corrected chi connectivity index (χ4v) is 3.12. The van der Waals surface area contributed by atoms with E-state index in [0.29, 0.717) is 6.54 Å². The van der Waals surface area contributed by atoms with Gasteiger partial charge in [0.2, 0.25) is 0 Å². The lowest BCUT2D eigenvalue weighted by atomic mass is 10.2. The number of benzene rings is 1. The van der Waals surface area contributed by atoms with Crippen LogP contribution in [0.25, 0.3) is 0 Å². The molecule has 0 bridgehead atoms. The molecule has 0 radical (unpaired) electrons. The molecule has 0 saturated carbocycles. The Kier molecular flexibility index (Phi) is 4.76. The van der Waals surface area contributed by atoms with Crippen molar-refractivity contribution in [2.45, 2.75) is 20.4 Å². The summed E-state index contributed by atoms with van der Waals surface area (Å²) in [6, 6.07) is 10.2. The number of carbonyl (C=O) groups is 1. The van der Waals surface area contributed by atoms with Crippen LogP contribution in [-0.4, -0.2) is 53.3 Å². The molecule has 3 rings (SSSR count). The number of nitrogens with zero attached hydrogens (tertiary/aromatic N) is 3. The average Bonchev–Trinajstić information content (AvgIpc) is 2.96. The van der Waals surface area contributed by atoms with Crippen LogP contribution in [0.2, 0.25) is 0 Å². The smallest absolute Gasteiger partial charge is 0.257 e. The quantitative estimate of drug-likeness (QED) is 0.898. The van der Waals surface area contributed by atoms with E-state index in [2.05, 4.69) is 24.2 Å². The van der Waals surface area contributed by atoms with E-state index in [9.17, 15) is 4.79 Å². The number of rotatable bonds is 4. The van der Waals surface area contributed by atoms with E-state index in [0.717, 1.165) is 44.0 Å². The van der Waals surface area contributed by atoms with Gasteiger partial charge in [-0.15, -0.1) is 0 Å². The largest absolute Gasteiger partial charge is 0.332 e. The van der Waals surface area contributed by atoms with Gasteiger partial charge in [0, 0.05) is 5.69 Å². The van der Waals surface area contributed by atoms with Crippen LogP contribution in [0.3, 0.4) is 0 Å². The molecule has 0 aliphatic carbocycles. The third-order valence-corrected chi connectivity index (χ3v) is 4.77. The maximum Gasteiger partial charge on any atom is 0.257 e. The van der Waals surface area contributed by atoms with Gasteiger partial charge in [-0.3, -0.25) is 9.48 Å². The standard InChI is InChI=1S/C18H24N4O/c1-3-20-9-11-21(12-10-20)18(23)17-13-19-22(15(17)2)14-16-7-5-4-6-8-16/h4-8,13H,3,9-12,14H2,1-2H3/p+1. The van der Waals surface area contributed by atoms with Gasteiger partial charge >= 0.3 is 0 Å². The number of hydrogen-bond donors (Lipinski definition) is 1. The molecular weight excluding hydrogens is 288 g/mol. The fourth-order valence-electron chi connectivity index (χ4n) is 3.12. The van der Waals surface area contributed by atoms with Crippen molar-refractivity contribution < 1.29 is 9.69 Å². The maximum atomic E-state index is 12.7. The van der Waals surface area contributed by atoms with Crippen LogP contribution in [0.1, 0.15) is 28.5 Å². The van der Waals surface area contributed by atoms with E-state index in [-0.39, 0.29) is 5.91 Å². The summed E-state index contributed by atoms with van der Waals surface area (Å²) in [6.07, 6.45) is 1.72. The first-order valence-corrected chi connectivity index (χ1v) is 8.38. The van der Waals surface area contributed by atoms with E-state index < -0.39 is 0 Å². The highest BCUT2D eigenvalue weighted by Crippen LogP contribution is 2.13. The molecule has 23 heavy (non-hydrogen) atoms. The molecule has 2 heterocycles. The van der Waals surface area contributed by atoms with Gasteiger partial charge in [-0.05, 0) is 19.4 Å². The molecule has 1 fully saturated rings. The molecule has 0 atom stereocenters. The van der Waals surface area contributed by atoms with Crippen molar-refractivity contribution >= 4 is 5.91 Å². The molecule has 1 saturated heterocycles. The van der Waals surface area contributed by atoms with Gasteiger partial charge in [-0.1, -0.05) is 30.3 Å². The van der Waals surface area contributed by atoms with Crippen LogP contribution in [0, 0.1) is 6.92 Å². The van der Waals surface area contributed by atoms with Crippen LogP contribution in [0.15, 0.2) is 36.5 Å². The van der Waals surface area contributed by atoms with Crippen molar-refractivity contribution in [3.8, 4) is 0 Å². The lowest BCUT2D eigenvalue weighted by molar-refractivity contribution is -0.902. The second kappa shape index (κ2) is 6.96. The van der Waals surface area contributed by atoms with Crippen molar-refractivity contribution in [2.75, 3.05) is 32.7 Å². The van der Waals surface area contributed by atoms with Crippen molar-refractivity contribution in [3.63, 3.8) is 0 Å². The highest BCUT2D eigenvalue weighted by molar-refractivity contribution is 5.95. The molecule has 5 nitrogen and oxygen atoms in total. The second-order valence-corrected chi connectivity index (χ2v) is 6.18. The first kappa shape index (κ1) is 15.7. The Morgan fingerprint density at radius 2 is 1.91 bits per heavy atom. The molecule has 1 aromatic carbocycles. The number of hydrogen-bond acceptors (Lipinski definition) is 2. The van der Waals surface area contributed by atoms with Gasteiger partial charge < -0.3 is 9.80 Å². The minimum absolute atomic E-state index is 0.122. The van der Waals surface area contributed by atoms with Gasteiger partial charge in [-0.25, -0.2) is 0 Å². The van der Waals surface area contributed by atoms with Crippen molar-refractivity contribution in [1.29, 1.82) is 0 Å². The molecule has 1 aromatic heterocycles. The maximum absolute atomic E-state index is 12.7. The average molecular weight is 313 g/mol. The summed E-state index contributed by atoms with van der Waals surface area (Å²) in [5, 5.41) is 4.42. The minimum atomic E-state index is 0.122. The van der Waals surface area contributed by atoms with Crippen LogP contribution in [0.4, 0.5) is 0 Å². The topological polar surface area (TPSA) is 42.6 Å². The fraction of sp³-hybridized carbons (Fsp3) is 0.444. The monoisotopic (exact) mass is 313 g/mol. The number of aromatic nitrogens is 2. The number of carbonyl (C=O) groups excluding carboxylic acids is 1. The summed E-state index contributed by atoms with van der Waals surface area (Å²) in [5.41, 5.74) is 2.88. The zero-order chi connectivity index (χ0) is 16.2. The summed E-state index contributed by atoms with van der Waals surface area (Å²) in [4.78, 5) is 16.3. The molecular formula is C18H25N4O+. The predicted molar refractivity (Wildman–Crippen MR) is 89.6 cm³/mol. The Balaban J connectivity index is 1.70. The molecule has 0 unspecified atom stereocenters. The third-order valence-electron chi connectivity index (χ3n) is 4.77. The van der Waals surface area contributed by atoms with E-state index in [4.69, 9.17) is 0 Å². The van der Waals surface area contributed by atoms with E-state index >= 15 is 0 Å². The Hall–Kier alpha value is -2.14. The van der Waals surface area contributed by atoms with Gasteiger partial charge in [0.1, 0.15) is 0 Å². The summed E-state index contributed by atoms with van der Waals surface area (Å²) >= 11 is 0. The number of quaternary nitrogens is 1.